The van der Waals surface area contributed by atoms with Crippen molar-refractivity contribution in [2.24, 2.45) is 0 Å². The fourth-order valence-corrected chi connectivity index (χ4v) is 3.27. The van der Waals surface area contributed by atoms with Crippen molar-refractivity contribution in [3.8, 4) is 5.69 Å². The Morgan fingerprint density at radius 2 is 1.77 bits per heavy atom. The second-order valence-electron chi connectivity index (χ2n) is 6.26. The molecule has 0 saturated heterocycles. The van der Waals surface area contributed by atoms with E-state index >= 15 is 0 Å². The molecule has 0 bridgehead atoms. The Kier molecular flexibility index (Phi) is 3.61. The number of nitrogens with zero attached hydrogens (tertiary/aromatic N) is 3. The number of aromatic nitrogens is 3. The van der Waals surface area contributed by atoms with Gasteiger partial charge in [-0.1, -0.05) is 29.8 Å². The number of para-hydroxylation sites is 2. The van der Waals surface area contributed by atoms with E-state index in [1.807, 2.05) is 50.2 Å². The van der Waals surface area contributed by atoms with Gasteiger partial charge < -0.3 is 10.5 Å². The van der Waals surface area contributed by atoms with Gasteiger partial charge in [-0.3, -0.25) is 4.57 Å². The van der Waals surface area contributed by atoms with E-state index in [1.54, 1.807) is 4.57 Å². The monoisotopic (exact) mass is 346 g/mol. The number of esters is 1. The van der Waals surface area contributed by atoms with Crippen LogP contribution in [0.4, 0.5) is 5.82 Å². The van der Waals surface area contributed by atoms with Crippen LogP contribution < -0.4 is 5.73 Å². The van der Waals surface area contributed by atoms with E-state index in [-0.39, 0.29) is 11.4 Å². The minimum atomic E-state index is -0.527. The topological polar surface area (TPSA) is 83.0 Å². The van der Waals surface area contributed by atoms with Crippen LogP contribution in [0.1, 0.15) is 21.5 Å². The average Bonchev–Trinajstić information content (AvgIpc) is 2.90. The quantitative estimate of drug-likeness (QED) is 0.561. The van der Waals surface area contributed by atoms with Crippen molar-refractivity contribution in [1.82, 2.24) is 14.5 Å². The number of carbonyl (C=O) groups excluding carboxylic acids is 1. The average molecular weight is 346 g/mol. The molecule has 2 aromatic carbocycles. The largest absolute Gasteiger partial charge is 0.465 e. The molecular formula is C20H18N4O2. The lowest BCUT2D eigenvalue weighted by molar-refractivity contribution is 0.0604. The van der Waals surface area contributed by atoms with E-state index in [0.717, 1.165) is 22.3 Å². The highest BCUT2D eigenvalue weighted by molar-refractivity contribution is 6.09. The van der Waals surface area contributed by atoms with Crippen LogP contribution in [0.25, 0.3) is 27.9 Å². The van der Waals surface area contributed by atoms with E-state index in [0.29, 0.717) is 16.7 Å². The fraction of sp³-hybridized carbons (Fsp3) is 0.150. The highest BCUT2D eigenvalue weighted by Gasteiger charge is 2.25. The first-order valence-corrected chi connectivity index (χ1v) is 8.24. The van der Waals surface area contributed by atoms with Crippen molar-refractivity contribution in [2.45, 2.75) is 13.8 Å². The first-order valence-electron chi connectivity index (χ1n) is 8.24. The summed E-state index contributed by atoms with van der Waals surface area (Å²) in [5, 5.41) is 0. The summed E-state index contributed by atoms with van der Waals surface area (Å²) < 4.78 is 6.71. The maximum absolute atomic E-state index is 12.4. The number of hydrogen-bond donors (Lipinski definition) is 1. The molecule has 0 aliphatic heterocycles. The normalized spacial score (nSPS) is 11.2. The van der Waals surface area contributed by atoms with Gasteiger partial charge in [-0.15, -0.1) is 0 Å². The number of nitrogen functional groups attached to an aromatic ring is 1. The molecule has 0 saturated carbocycles. The van der Waals surface area contributed by atoms with Crippen molar-refractivity contribution >= 4 is 34.0 Å². The molecule has 26 heavy (non-hydrogen) atoms. The lowest BCUT2D eigenvalue weighted by atomic mass is 10.1. The van der Waals surface area contributed by atoms with Gasteiger partial charge in [-0.25, -0.2) is 14.8 Å². The highest BCUT2D eigenvalue weighted by atomic mass is 16.5. The Morgan fingerprint density at radius 1 is 1.08 bits per heavy atom. The zero-order valence-corrected chi connectivity index (χ0v) is 14.8. The molecular weight excluding hydrogens is 328 g/mol. The molecule has 0 amide bonds. The molecule has 0 spiro atoms. The van der Waals surface area contributed by atoms with Crippen LogP contribution in [0, 0.1) is 13.8 Å². The van der Waals surface area contributed by atoms with Crippen LogP contribution in [0.2, 0.25) is 0 Å². The third-order valence-corrected chi connectivity index (χ3v) is 4.48. The van der Waals surface area contributed by atoms with Crippen molar-refractivity contribution in [3.63, 3.8) is 0 Å². The summed E-state index contributed by atoms with van der Waals surface area (Å²) in [6.07, 6.45) is 0. The molecule has 4 rings (SSSR count). The Hall–Kier alpha value is -3.41. The second-order valence-corrected chi connectivity index (χ2v) is 6.26. The van der Waals surface area contributed by atoms with Gasteiger partial charge in [0.05, 0.1) is 23.8 Å². The second kappa shape index (κ2) is 5.84. The zero-order valence-electron chi connectivity index (χ0n) is 14.8. The van der Waals surface area contributed by atoms with Crippen LogP contribution in [-0.4, -0.2) is 27.6 Å². The minimum absolute atomic E-state index is 0.237. The summed E-state index contributed by atoms with van der Waals surface area (Å²) in [4.78, 5) is 21.7. The standard InChI is InChI=1S/C20H18N4O2/c1-11-8-9-15(12(2)10-11)24-18(21)16(20(25)26-3)17-19(24)23-14-7-5-4-6-13(14)22-17/h4-10H,21H2,1-3H3. The van der Waals surface area contributed by atoms with Crippen molar-refractivity contribution < 1.29 is 9.53 Å². The van der Waals surface area contributed by atoms with E-state index in [2.05, 4.69) is 11.1 Å². The van der Waals surface area contributed by atoms with E-state index in [1.165, 1.54) is 7.11 Å². The fourth-order valence-electron chi connectivity index (χ4n) is 3.27. The first-order chi connectivity index (χ1) is 12.5. The molecule has 0 radical (unpaired) electrons. The van der Waals surface area contributed by atoms with Gasteiger partial charge in [0, 0.05) is 0 Å². The van der Waals surface area contributed by atoms with Crippen LogP contribution in [0.15, 0.2) is 42.5 Å². The number of methoxy groups -OCH3 is 1. The number of fused-ring (bicyclic) bond motifs is 2. The Balaban J connectivity index is 2.16. The maximum Gasteiger partial charge on any atom is 0.343 e. The van der Waals surface area contributed by atoms with Gasteiger partial charge in [-0.2, -0.15) is 0 Å². The molecule has 0 aliphatic rings. The lowest BCUT2D eigenvalue weighted by Crippen LogP contribution is -2.08. The first kappa shape index (κ1) is 16.1. The van der Waals surface area contributed by atoms with E-state index in [4.69, 9.17) is 15.5 Å². The van der Waals surface area contributed by atoms with Gasteiger partial charge >= 0.3 is 5.97 Å². The van der Waals surface area contributed by atoms with Gasteiger partial charge in [-0.05, 0) is 37.6 Å². The minimum Gasteiger partial charge on any atom is -0.465 e. The lowest BCUT2D eigenvalue weighted by Gasteiger charge is -2.11. The predicted molar refractivity (Wildman–Crippen MR) is 102 cm³/mol. The van der Waals surface area contributed by atoms with Crippen LogP contribution in [0.3, 0.4) is 0 Å². The number of nitrogens with two attached hydrogens (primary N) is 1. The van der Waals surface area contributed by atoms with Crippen LogP contribution in [-0.2, 0) is 4.74 Å². The molecule has 0 aliphatic carbocycles. The number of carbonyl (C=O) groups is 1. The molecule has 6 nitrogen and oxygen atoms in total. The number of benzene rings is 2. The summed E-state index contributed by atoms with van der Waals surface area (Å²) in [7, 11) is 1.33. The van der Waals surface area contributed by atoms with Crippen LogP contribution >= 0.6 is 0 Å². The number of anilines is 1. The smallest absolute Gasteiger partial charge is 0.343 e. The third-order valence-electron chi connectivity index (χ3n) is 4.48. The van der Waals surface area contributed by atoms with Crippen molar-refractivity contribution in [3.05, 3.63) is 59.2 Å². The van der Waals surface area contributed by atoms with Crippen molar-refractivity contribution in [2.75, 3.05) is 12.8 Å². The van der Waals surface area contributed by atoms with Crippen LogP contribution in [0.5, 0.6) is 0 Å². The number of rotatable bonds is 2. The summed E-state index contributed by atoms with van der Waals surface area (Å²) in [5.41, 5.74) is 12.1. The summed E-state index contributed by atoms with van der Waals surface area (Å²) >= 11 is 0. The van der Waals surface area contributed by atoms with Gasteiger partial charge in [0.25, 0.3) is 0 Å². The highest BCUT2D eigenvalue weighted by Crippen LogP contribution is 2.32. The third kappa shape index (κ3) is 2.30. The Bertz CT molecular complexity index is 1180. The SMILES string of the molecule is COC(=O)c1c(N)n(-c2ccc(C)cc2C)c2nc3ccccc3nc12. The number of hydrogen-bond acceptors (Lipinski definition) is 5. The molecule has 0 unspecified atom stereocenters. The molecule has 6 heteroatoms. The Morgan fingerprint density at radius 3 is 2.42 bits per heavy atom. The zero-order chi connectivity index (χ0) is 18.4. The molecule has 2 heterocycles. The molecule has 4 aromatic rings. The molecule has 2 N–H and O–H groups in total. The molecule has 0 fully saturated rings. The molecule has 0 atom stereocenters. The molecule has 130 valence electrons. The molecule has 2 aromatic heterocycles. The van der Waals surface area contributed by atoms with Gasteiger partial charge in [0.2, 0.25) is 0 Å². The van der Waals surface area contributed by atoms with E-state index < -0.39 is 5.97 Å². The van der Waals surface area contributed by atoms with Gasteiger partial charge in [0.15, 0.2) is 5.65 Å². The van der Waals surface area contributed by atoms with Crippen molar-refractivity contribution in [1.29, 1.82) is 0 Å². The predicted octanol–water partition coefficient (Wildman–Crippen LogP) is 3.56. The summed E-state index contributed by atoms with van der Waals surface area (Å²) in [5.74, 6) is -0.255. The Labute approximate surface area is 150 Å². The van der Waals surface area contributed by atoms with Gasteiger partial charge in [0.1, 0.15) is 16.9 Å². The number of ether oxygens (including phenoxy) is 1. The summed E-state index contributed by atoms with van der Waals surface area (Å²) in [6, 6.07) is 13.6. The van der Waals surface area contributed by atoms with E-state index in [9.17, 15) is 4.79 Å². The maximum atomic E-state index is 12.4. The number of aryl methyl sites for hydroxylation is 2. The summed E-state index contributed by atoms with van der Waals surface area (Å²) in [6.45, 7) is 4.03.